The molecule has 33 heavy (non-hydrogen) atoms. The second-order valence-corrected chi connectivity index (χ2v) is 7.78. The highest BCUT2D eigenvalue weighted by molar-refractivity contribution is 6.34. The van der Waals surface area contributed by atoms with Crippen molar-refractivity contribution in [3.8, 4) is 23.0 Å². The van der Waals surface area contributed by atoms with Gasteiger partial charge in [0.2, 0.25) is 5.78 Å². The second-order valence-electron chi connectivity index (χ2n) is 6.90. The molecule has 4 rings (SSSR count). The first-order valence-corrected chi connectivity index (χ1v) is 9.96. The highest BCUT2D eigenvalue weighted by atomic mass is 35.5. The monoisotopic (exact) mass is 487 g/mol. The summed E-state index contributed by atoms with van der Waals surface area (Å²) in [6, 6.07) is 11.1. The topological polar surface area (TPSA) is 117 Å². The molecular weight excluding hydrogens is 476 g/mol. The van der Waals surface area contributed by atoms with Crippen molar-refractivity contribution >= 4 is 45.7 Å². The third kappa shape index (κ3) is 4.52. The Morgan fingerprint density at radius 1 is 0.909 bits per heavy atom. The van der Waals surface area contributed by atoms with Gasteiger partial charge in [-0.15, -0.1) is 0 Å². The highest BCUT2D eigenvalue weighted by Crippen LogP contribution is 2.34. The number of aromatic hydroxyl groups is 2. The molecule has 0 atom stereocenters. The Morgan fingerprint density at radius 3 is 2.21 bits per heavy atom. The number of aromatic carboxylic acids is 1. The molecule has 0 amide bonds. The SMILES string of the molecule is O=C(O)c1cc2cc(O)c(O)cc2c(C(=O)c2ccc(Oc3cc(Cl)cc(Cl)c3)c(F)c2)n1. The lowest BCUT2D eigenvalue weighted by Crippen LogP contribution is -2.10. The summed E-state index contributed by atoms with van der Waals surface area (Å²) in [5.41, 5.74) is -0.947. The summed E-state index contributed by atoms with van der Waals surface area (Å²) in [6.45, 7) is 0. The normalized spacial score (nSPS) is 10.9. The van der Waals surface area contributed by atoms with Gasteiger partial charge in [0.25, 0.3) is 0 Å². The number of fused-ring (bicyclic) bond motifs is 1. The van der Waals surface area contributed by atoms with E-state index in [1.165, 1.54) is 30.3 Å². The van der Waals surface area contributed by atoms with Crippen molar-refractivity contribution in [2.75, 3.05) is 0 Å². The third-order valence-electron chi connectivity index (χ3n) is 4.62. The van der Waals surface area contributed by atoms with E-state index in [0.29, 0.717) is 0 Å². The van der Waals surface area contributed by atoms with Crippen molar-refractivity contribution in [1.82, 2.24) is 4.98 Å². The first-order valence-electron chi connectivity index (χ1n) is 9.20. The molecule has 0 bridgehead atoms. The quantitative estimate of drug-likeness (QED) is 0.240. The Kier molecular flexibility index (Phi) is 5.80. The minimum atomic E-state index is -1.41. The molecule has 3 N–H and O–H groups in total. The van der Waals surface area contributed by atoms with Gasteiger partial charge in [-0.3, -0.25) is 4.79 Å². The first kappa shape index (κ1) is 22.3. The van der Waals surface area contributed by atoms with E-state index in [-0.39, 0.29) is 43.6 Å². The van der Waals surface area contributed by atoms with E-state index in [9.17, 15) is 29.3 Å². The molecule has 0 radical (unpaired) electrons. The van der Waals surface area contributed by atoms with Crippen LogP contribution in [-0.4, -0.2) is 32.1 Å². The number of carboxylic acid groups (broad SMARTS) is 1. The van der Waals surface area contributed by atoms with Gasteiger partial charge in [-0.1, -0.05) is 23.2 Å². The van der Waals surface area contributed by atoms with Gasteiger partial charge in [-0.05, 0) is 60.0 Å². The minimum absolute atomic E-state index is 0.0783. The zero-order chi connectivity index (χ0) is 23.9. The Labute approximate surface area is 195 Å². The standard InChI is InChI=1S/C23H12Cl2FNO6/c24-12-6-13(25)8-14(7-12)33-20-2-1-10(3-16(20)26)22(30)21-15-9-19(29)18(28)5-11(15)4-17(27-21)23(31)32/h1-9,28-29H,(H,31,32). The molecule has 0 unspecified atom stereocenters. The number of rotatable bonds is 5. The summed E-state index contributed by atoms with van der Waals surface area (Å²) in [5, 5.41) is 29.7. The van der Waals surface area contributed by atoms with E-state index < -0.39 is 34.8 Å². The lowest BCUT2D eigenvalue weighted by Gasteiger charge is -2.11. The van der Waals surface area contributed by atoms with Crippen molar-refractivity contribution in [2.45, 2.75) is 0 Å². The molecule has 0 saturated carbocycles. The van der Waals surface area contributed by atoms with Gasteiger partial charge in [-0.25, -0.2) is 14.2 Å². The van der Waals surface area contributed by atoms with E-state index in [1.54, 1.807) is 0 Å². The van der Waals surface area contributed by atoms with Gasteiger partial charge in [0.05, 0.1) is 0 Å². The number of halogens is 3. The summed E-state index contributed by atoms with van der Waals surface area (Å²) in [4.78, 5) is 28.4. The number of benzene rings is 3. The van der Waals surface area contributed by atoms with Crippen molar-refractivity contribution in [1.29, 1.82) is 0 Å². The van der Waals surface area contributed by atoms with E-state index in [0.717, 1.165) is 24.3 Å². The number of ether oxygens (including phenoxy) is 1. The molecular formula is C23H12Cl2FNO6. The van der Waals surface area contributed by atoms with E-state index in [1.807, 2.05) is 0 Å². The Hall–Kier alpha value is -3.88. The van der Waals surface area contributed by atoms with E-state index in [2.05, 4.69) is 4.98 Å². The lowest BCUT2D eigenvalue weighted by molar-refractivity contribution is 0.0690. The number of ketones is 1. The average molecular weight is 488 g/mol. The Bertz CT molecular complexity index is 1440. The predicted octanol–water partition coefficient (Wildman–Crippen LogP) is 5.81. The Morgan fingerprint density at radius 2 is 1.58 bits per heavy atom. The number of carboxylic acids is 1. The van der Waals surface area contributed by atoms with Crippen LogP contribution in [0.25, 0.3) is 10.8 Å². The van der Waals surface area contributed by atoms with Crippen LogP contribution in [0.4, 0.5) is 4.39 Å². The minimum Gasteiger partial charge on any atom is -0.504 e. The molecule has 4 aromatic rings. The lowest BCUT2D eigenvalue weighted by atomic mass is 10.0. The second kappa shape index (κ2) is 8.57. The number of nitrogens with zero attached hydrogens (tertiary/aromatic N) is 1. The van der Waals surface area contributed by atoms with Gasteiger partial charge in [0.15, 0.2) is 23.1 Å². The Balaban J connectivity index is 1.75. The number of aromatic nitrogens is 1. The maximum absolute atomic E-state index is 14.7. The van der Waals surface area contributed by atoms with Gasteiger partial charge in [0, 0.05) is 21.0 Å². The fraction of sp³-hybridized carbons (Fsp3) is 0. The van der Waals surface area contributed by atoms with Crippen LogP contribution < -0.4 is 4.74 Å². The zero-order valence-corrected chi connectivity index (χ0v) is 17.9. The number of hydrogen-bond donors (Lipinski definition) is 3. The van der Waals surface area contributed by atoms with Gasteiger partial charge < -0.3 is 20.1 Å². The van der Waals surface area contributed by atoms with Crippen molar-refractivity contribution < 1.29 is 34.0 Å². The molecule has 0 fully saturated rings. The zero-order valence-electron chi connectivity index (χ0n) is 16.3. The molecule has 0 aliphatic rings. The fourth-order valence-electron chi connectivity index (χ4n) is 3.14. The molecule has 7 nitrogen and oxygen atoms in total. The fourth-order valence-corrected chi connectivity index (χ4v) is 3.64. The van der Waals surface area contributed by atoms with Crippen molar-refractivity contribution in [3.05, 3.63) is 87.4 Å². The molecule has 0 saturated heterocycles. The maximum Gasteiger partial charge on any atom is 0.354 e. The van der Waals surface area contributed by atoms with Gasteiger partial charge in [-0.2, -0.15) is 0 Å². The van der Waals surface area contributed by atoms with Crippen LogP contribution in [0.3, 0.4) is 0 Å². The smallest absolute Gasteiger partial charge is 0.354 e. The molecule has 166 valence electrons. The molecule has 10 heteroatoms. The van der Waals surface area contributed by atoms with E-state index >= 15 is 0 Å². The summed E-state index contributed by atoms with van der Waals surface area (Å²) >= 11 is 11.8. The summed E-state index contributed by atoms with van der Waals surface area (Å²) in [7, 11) is 0. The van der Waals surface area contributed by atoms with Crippen LogP contribution in [0.5, 0.6) is 23.0 Å². The average Bonchev–Trinajstić information content (AvgIpc) is 2.74. The van der Waals surface area contributed by atoms with Crippen LogP contribution >= 0.6 is 23.2 Å². The van der Waals surface area contributed by atoms with Crippen LogP contribution in [0, 0.1) is 5.82 Å². The predicted molar refractivity (Wildman–Crippen MR) is 118 cm³/mol. The number of phenolic OH excluding ortho intramolecular Hbond substituents is 2. The molecule has 0 aliphatic heterocycles. The largest absolute Gasteiger partial charge is 0.504 e. The molecule has 0 spiro atoms. The number of phenols is 2. The number of carbonyl (C=O) groups excluding carboxylic acids is 1. The summed E-state index contributed by atoms with van der Waals surface area (Å²) < 4.78 is 20.2. The number of hydrogen-bond acceptors (Lipinski definition) is 6. The molecule has 3 aromatic carbocycles. The molecule has 1 aromatic heterocycles. The van der Waals surface area contributed by atoms with Gasteiger partial charge in [0.1, 0.15) is 17.1 Å². The third-order valence-corrected chi connectivity index (χ3v) is 5.05. The van der Waals surface area contributed by atoms with Crippen LogP contribution in [-0.2, 0) is 0 Å². The number of pyridine rings is 1. The van der Waals surface area contributed by atoms with Crippen LogP contribution in [0.1, 0.15) is 26.5 Å². The van der Waals surface area contributed by atoms with Gasteiger partial charge >= 0.3 is 5.97 Å². The molecule has 0 aliphatic carbocycles. The van der Waals surface area contributed by atoms with E-state index in [4.69, 9.17) is 27.9 Å². The van der Waals surface area contributed by atoms with Crippen LogP contribution in [0.2, 0.25) is 10.0 Å². The highest BCUT2D eigenvalue weighted by Gasteiger charge is 2.21. The van der Waals surface area contributed by atoms with Crippen LogP contribution in [0.15, 0.2) is 54.6 Å². The summed E-state index contributed by atoms with van der Waals surface area (Å²) in [6.07, 6.45) is 0. The number of carbonyl (C=O) groups is 2. The molecule has 1 heterocycles. The van der Waals surface area contributed by atoms with Crippen molar-refractivity contribution in [2.24, 2.45) is 0 Å². The maximum atomic E-state index is 14.7. The summed E-state index contributed by atoms with van der Waals surface area (Å²) in [5.74, 6) is -4.14. The first-order chi connectivity index (χ1) is 15.6. The van der Waals surface area contributed by atoms with Crippen molar-refractivity contribution in [3.63, 3.8) is 0 Å².